The molecule has 0 aliphatic carbocycles. The van der Waals surface area contributed by atoms with Crippen LogP contribution in [0, 0.1) is 5.92 Å². The van der Waals surface area contributed by atoms with E-state index >= 15 is 0 Å². The van der Waals surface area contributed by atoms with Crippen LogP contribution < -0.4 is 21.3 Å². The summed E-state index contributed by atoms with van der Waals surface area (Å²) in [6.45, 7) is -3.02. The van der Waals surface area contributed by atoms with Crippen molar-refractivity contribution in [2.45, 2.75) is 324 Å². The van der Waals surface area contributed by atoms with E-state index in [-0.39, 0.29) is 6.47 Å². The Hall–Kier alpha value is -4.29. The summed E-state index contributed by atoms with van der Waals surface area (Å²) in [5.41, 5.74) is 0. The van der Waals surface area contributed by atoms with Gasteiger partial charge in [-0.25, -0.2) is 0 Å². The van der Waals surface area contributed by atoms with Gasteiger partial charge in [0.25, 0.3) is 6.47 Å². The number of hydrogen-bond acceptors (Lipinski definition) is 47. The van der Waals surface area contributed by atoms with Crippen LogP contribution in [-0.4, -0.2) is 488 Å². The number of aliphatic hydroxyl groups excluding tert-OH is 24. The summed E-state index contributed by atoms with van der Waals surface area (Å²) in [6.07, 6.45) is -81.9. The van der Waals surface area contributed by atoms with E-state index in [1.54, 1.807) is 0 Å². The van der Waals surface area contributed by atoms with Crippen molar-refractivity contribution in [3.8, 4) is 0 Å². The molecule has 51 heteroatoms. The molecule has 0 spiro atoms. The van der Waals surface area contributed by atoms with Crippen LogP contribution in [0.1, 0.15) is 48.0 Å². The Morgan fingerprint density at radius 3 is 1.19 bits per heavy atom. The van der Waals surface area contributed by atoms with Crippen LogP contribution in [0.3, 0.4) is 0 Å². The highest BCUT2D eigenvalue weighted by Gasteiger charge is 2.61. The Bertz CT molecular complexity index is 3180. The molecular formula is C67H112N4O47. The molecule has 0 aromatic rings. The highest BCUT2D eigenvalue weighted by Crippen LogP contribution is 2.42. The first-order chi connectivity index (χ1) is 55.8. The fourth-order valence-corrected chi connectivity index (χ4v) is 15.4. The Kier molecular flexibility index (Phi) is 35.2. The quantitative estimate of drug-likeness (QED) is 0.0214. The lowest BCUT2D eigenvalue weighted by Crippen LogP contribution is -2.70. The summed E-state index contributed by atoms with van der Waals surface area (Å²) in [4.78, 5) is 62.7. The second kappa shape index (κ2) is 42.6. The maximum Gasteiger partial charge on any atom is 0.332 e. The highest BCUT2D eigenvalue weighted by atomic mass is 16.9. The SMILES string of the molecule is CC(=O)NC1C(O)[C@H](O[C@@H]2OC(CO[C@]3(OC=O)C[C@@H](O)[C@@H](C)C([C@H](O)[C@H](O)CO)O3)[C@H](O)[C@H](O)C2O)[C@H](CO)O[C@H]1OC1[C@@H](OCC2O[C@@H](O[C@@H]3C(CO)O[C@@H](O[C@@H]4C(CO)O[C@@H](C)C(NC(C)=O)[C@H]4O)C(NC(C)=O)[C@H]3O)C(O)[C@@H](O[C@H]3O[C@H](CO)[C@@H](O)C(O)C3O[C@@H]3OC(CO)[C@@H](O)[C@H](O)C3NC(C)=O)[C@@H]2O)OC(CO)[C@@H](O)[C@@H]1O. The zero-order valence-corrected chi connectivity index (χ0v) is 64.3. The molecule has 9 fully saturated rings. The molecule has 46 atom stereocenters. The first-order valence-corrected chi connectivity index (χ1v) is 37.9. The third-order valence-electron chi connectivity index (χ3n) is 21.9. The summed E-state index contributed by atoms with van der Waals surface area (Å²) < 4.78 is 107. The van der Waals surface area contributed by atoms with E-state index in [2.05, 4.69) is 21.3 Å². The topological polar surface area (TPSA) is 785 Å². The molecule has 9 aliphatic rings. The first-order valence-electron chi connectivity index (χ1n) is 37.9. The smallest absolute Gasteiger partial charge is 0.332 e. The molecule has 4 amide bonds. The first kappa shape index (κ1) is 97.5. The molecule has 0 radical (unpaired) electrons. The van der Waals surface area contributed by atoms with Gasteiger partial charge in [0.1, 0.15) is 201 Å². The average molecular weight is 1730 g/mol. The van der Waals surface area contributed by atoms with Crippen molar-refractivity contribution in [2.75, 3.05) is 59.5 Å². The van der Waals surface area contributed by atoms with E-state index in [0.717, 1.165) is 27.7 Å². The average Bonchev–Trinajstić information content (AvgIpc) is 0.789. The minimum atomic E-state index is -2.65. The molecule has 118 heavy (non-hydrogen) atoms. The second-order valence-corrected chi connectivity index (χ2v) is 30.1. The fourth-order valence-electron chi connectivity index (χ4n) is 15.4. The summed E-state index contributed by atoms with van der Waals surface area (Å²) in [5, 5.41) is 278. The number of carbonyl (C=O) groups is 5. The molecule has 17 unspecified atom stereocenters. The number of carbonyl (C=O) groups excluding carboxylic acids is 5. The van der Waals surface area contributed by atoms with Crippen molar-refractivity contribution in [1.82, 2.24) is 21.3 Å². The van der Waals surface area contributed by atoms with Gasteiger partial charge in [-0.1, -0.05) is 6.92 Å². The summed E-state index contributed by atoms with van der Waals surface area (Å²) in [5.74, 6) is -7.04. The van der Waals surface area contributed by atoms with Crippen molar-refractivity contribution in [2.24, 2.45) is 5.92 Å². The van der Waals surface area contributed by atoms with Gasteiger partial charge in [0, 0.05) is 33.6 Å². The molecule has 9 rings (SSSR count). The third kappa shape index (κ3) is 21.8. The van der Waals surface area contributed by atoms with Gasteiger partial charge < -0.3 is 229 Å². The standard InChI is InChI=1S/C67H112N4O47/c1-18-24(84)7-67(103-17-79,118-53(18)38(86)25(85)8-72)102-16-33-42(90)48(96)51(99)63(111-33)113-55-30(13-77)109-62(37(47(55)95)71-23(6)83)116-58-49(97)40(88)27(10-74)106-65(58)101-15-32-43(91)57(115-66-59(50(98)41(89)28(11-75)107-66)117-60-35(69-21(4)81)44(92)39(87)26(9-73)105-60)52(100)64(110-32)114-56-31(14-78)108-61(36(46(56)94)70-22(5)82)112-54-29(12-76)104-19(2)34(45(54)93)68-20(3)80/h17-19,24-66,72-78,84-100H,7-16H2,1-6H3,(H,68,80)(H,69,81)(H,70,82)(H,71,83)/t18-,19+,24-,25-,26?,27?,28-,29?,30+,31?,32?,33?,34?,35?,36?,37?,38-,39-,40-,41-,42+,43-,44-,45-,46-,47?,48+,49+,50?,51?,52?,53?,54-,55-,56-,57+,58?,59?,60+,61+,62+,63+,64+,65+,66-,67+/m1/s1. The van der Waals surface area contributed by atoms with Crippen molar-refractivity contribution in [3.63, 3.8) is 0 Å². The Morgan fingerprint density at radius 2 is 0.737 bits per heavy atom. The second-order valence-electron chi connectivity index (χ2n) is 30.1. The summed E-state index contributed by atoms with van der Waals surface area (Å²) in [7, 11) is 0. The zero-order valence-electron chi connectivity index (χ0n) is 64.3. The van der Waals surface area contributed by atoms with Crippen molar-refractivity contribution < 1.29 is 232 Å². The number of nitrogens with one attached hydrogen (secondary N) is 4. The van der Waals surface area contributed by atoms with Gasteiger partial charge in [-0.05, 0) is 6.92 Å². The van der Waals surface area contributed by atoms with Crippen LogP contribution in [0.15, 0.2) is 0 Å². The monoisotopic (exact) mass is 1720 g/mol. The lowest BCUT2D eigenvalue weighted by Gasteiger charge is -2.51. The molecule has 9 heterocycles. The van der Waals surface area contributed by atoms with Crippen LogP contribution >= 0.6 is 0 Å². The lowest BCUT2D eigenvalue weighted by atomic mass is 9.87. The van der Waals surface area contributed by atoms with E-state index < -0.39 is 371 Å². The molecule has 28 N–H and O–H groups in total. The van der Waals surface area contributed by atoms with Crippen LogP contribution in [0.5, 0.6) is 0 Å². The molecule has 682 valence electrons. The minimum Gasteiger partial charge on any atom is -0.410 e. The Balaban J connectivity index is 1.01. The van der Waals surface area contributed by atoms with E-state index in [9.17, 15) is 147 Å². The van der Waals surface area contributed by atoms with E-state index in [0.29, 0.717) is 0 Å². The maximum atomic E-state index is 13.1. The van der Waals surface area contributed by atoms with Crippen molar-refractivity contribution >= 4 is 30.1 Å². The highest BCUT2D eigenvalue weighted by molar-refractivity contribution is 5.74. The number of hydrogen-bond donors (Lipinski definition) is 28. The molecule has 0 bridgehead atoms. The molecule has 51 nitrogen and oxygen atoms in total. The van der Waals surface area contributed by atoms with E-state index in [4.69, 9.17) is 85.3 Å². The molecular weight excluding hydrogens is 1610 g/mol. The zero-order chi connectivity index (χ0) is 87.1. The fraction of sp³-hybridized carbons (Fsp3) is 0.925. The Labute approximate surface area is 670 Å². The van der Waals surface area contributed by atoms with Crippen LogP contribution in [-0.2, 0) is 109 Å². The van der Waals surface area contributed by atoms with Gasteiger partial charge in [-0.3, -0.25) is 24.0 Å². The Morgan fingerprint density at radius 1 is 0.381 bits per heavy atom. The summed E-state index contributed by atoms with van der Waals surface area (Å²) in [6, 6.07) is -6.84. The lowest BCUT2D eigenvalue weighted by molar-refractivity contribution is -0.424. The third-order valence-corrected chi connectivity index (χ3v) is 21.9. The van der Waals surface area contributed by atoms with Crippen LogP contribution in [0.2, 0.25) is 0 Å². The normalized spacial score (nSPS) is 47.5. The van der Waals surface area contributed by atoms with Gasteiger partial charge in [0.15, 0.2) is 44.0 Å². The van der Waals surface area contributed by atoms with Gasteiger partial charge in [0.2, 0.25) is 23.6 Å². The minimum absolute atomic E-state index is 0.183. The molecule has 9 saturated heterocycles. The largest absolute Gasteiger partial charge is 0.410 e. The van der Waals surface area contributed by atoms with Gasteiger partial charge in [-0.2, -0.15) is 0 Å². The molecule has 0 saturated carbocycles. The van der Waals surface area contributed by atoms with Gasteiger partial charge in [0.05, 0.1) is 90.2 Å². The predicted molar refractivity (Wildman–Crippen MR) is 367 cm³/mol. The number of amides is 4. The van der Waals surface area contributed by atoms with Gasteiger partial charge >= 0.3 is 5.97 Å². The van der Waals surface area contributed by atoms with Crippen molar-refractivity contribution in [1.29, 1.82) is 0 Å². The molecule has 0 aromatic carbocycles. The van der Waals surface area contributed by atoms with Crippen LogP contribution in [0.4, 0.5) is 0 Å². The number of aliphatic hydroxyl groups is 24. The predicted octanol–water partition coefficient (Wildman–Crippen LogP) is -18.5. The summed E-state index contributed by atoms with van der Waals surface area (Å²) >= 11 is 0. The van der Waals surface area contributed by atoms with E-state index in [1.807, 2.05) is 0 Å². The number of ether oxygens (including phenoxy) is 18. The maximum absolute atomic E-state index is 13.1. The molecule has 0 aromatic heterocycles. The molecule has 9 aliphatic heterocycles. The van der Waals surface area contributed by atoms with Gasteiger partial charge in [-0.15, -0.1) is 0 Å². The van der Waals surface area contributed by atoms with Crippen molar-refractivity contribution in [3.05, 3.63) is 0 Å². The van der Waals surface area contributed by atoms with Crippen LogP contribution in [0.25, 0.3) is 0 Å². The number of rotatable bonds is 33. The van der Waals surface area contributed by atoms with E-state index in [1.165, 1.54) is 13.8 Å².